The molecule has 3 aromatic rings. The summed E-state index contributed by atoms with van der Waals surface area (Å²) in [5.74, 6) is 0.466. The molecule has 24 heavy (non-hydrogen) atoms. The molecule has 2 aromatic carbocycles. The lowest BCUT2D eigenvalue weighted by Crippen LogP contribution is -2.16. The number of hydrogen-bond donors (Lipinski definition) is 0. The van der Waals surface area contributed by atoms with Crippen molar-refractivity contribution >= 4 is 39.1 Å². The van der Waals surface area contributed by atoms with Crippen molar-refractivity contribution in [1.29, 1.82) is 0 Å². The van der Waals surface area contributed by atoms with E-state index in [0.29, 0.717) is 21.9 Å². The number of fused-ring (bicyclic) bond motifs is 1. The molecule has 1 aromatic heterocycles. The third kappa shape index (κ3) is 3.27. The second-order valence-corrected chi connectivity index (χ2v) is 6.49. The van der Waals surface area contributed by atoms with Gasteiger partial charge in [-0.05, 0) is 42.5 Å². The lowest BCUT2D eigenvalue weighted by atomic mass is 10.2. The van der Waals surface area contributed by atoms with Gasteiger partial charge in [-0.1, -0.05) is 29.0 Å². The minimum Gasteiger partial charge on any atom is -0.497 e. The second kappa shape index (κ2) is 7.03. The summed E-state index contributed by atoms with van der Waals surface area (Å²) in [6.45, 7) is 4.35. The van der Waals surface area contributed by atoms with Gasteiger partial charge in [0.25, 0.3) is 5.91 Å². The van der Waals surface area contributed by atoms with E-state index in [-0.39, 0.29) is 5.91 Å². The number of amides is 1. The maximum Gasteiger partial charge on any atom is 0.279 e. The number of carbonyl (C=O) groups excluding carboxylic acids is 1. The van der Waals surface area contributed by atoms with Gasteiger partial charge in [0.2, 0.25) is 0 Å². The highest BCUT2D eigenvalue weighted by molar-refractivity contribution is 7.16. The van der Waals surface area contributed by atoms with Crippen molar-refractivity contribution in [3.63, 3.8) is 0 Å². The van der Waals surface area contributed by atoms with E-state index < -0.39 is 0 Å². The van der Waals surface area contributed by atoms with Crippen LogP contribution >= 0.6 is 22.9 Å². The number of nitrogens with zero attached hydrogens (tertiary/aromatic N) is 2. The van der Waals surface area contributed by atoms with Crippen molar-refractivity contribution in [2.75, 3.05) is 7.11 Å². The van der Waals surface area contributed by atoms with Crippen LogP contribution < -0.4 is 9.54 Å². The highest BCUT2D eigenvalue weighted by Gasteiger charge is 2.09. The molecule has 0 aliphatic heterocycles. The van der Waals surface area contributed by atoms with Gasteiger partial charge in [0.1, 0.15) is 5.75 Å². The van der Waals surface area contributed by atoms with E-state index in [2.05, 4.69) is 11.6 Å². The van der Waals surface area contributed by atoms with E-state index in [1.165, 1.54) is 11.3 Å². The van der Waals surface area contributed by atoms with Crippen molar-refractivity contribution in [3.05, 3.63) is 70.5 Å². The number of aromatic nitrogens is 1. The van der Waals surface area contributed by atoms with Crippen molar-refractivity contribution in [3.8, 4) is 5.75 Å². The molecule has 0 radical (unpaired) electrons. The van der Waals surface area contributed by atoms with Crippen molar-refractivity contribution in [2.45, 2.75) is 6.54 Å². The Hall–Kier alpha value is -2.37. The molecule has 0 fully saturated rings. The summed E-state index contributed by atoms with van der Waals surface area (Å²) in [6.07, 6.45) is 1.78. The smallest absolute Gasteiger partial charge is 0.279 e. The van der Waals surface area contributed by atoms with Crippen LogP contribution in [0.25, 0.3) is 10.2 Å². The average molecular weight is 359 g/mol. The number of halogens is 1. The highest BCUT2D eigenvalue weighted by Crippen LogP contribution is 2.23. The first-order chi connectivity index (χ1) is 11.6. The number of benzene rings is 2. The van der Waals surface area contributed by atoms with Crippen LogP contribution in [0.3, 0.4) is 0 Å². The molecule has 0 bridgehead atoms. The normalized spacial score (nSPS) is 11.7. The molecule has 1 heterocycles. The minimum atomic E-state index is -0.303. The Morgan fingerprint density at radius 3 is 2.75 bits per heavy atom. The third-order valence-electron chi connectivity index (χ3n) is 3.49. The van der Waals surface area contributed by atoms with Gasteiger partial charge in [-0.2, -0.15) is 4.99 Å². The van der Waals surface area contributed by atoms with E-state index >= 15 is 0 Å². The predicted octanol–water partition coefficient (Wildman–Crippen LogP) is 4.29. The molecule has 1 amide bonds. The molecule has 0 unspecified atom stereocenters. The van der Waals surface area contributed by atoms with Crippen molar-refractivity contribution < 1.29 is 9.53 Å². The Balaban J connectivity index is 2.12. The van der Waals surface area contributed by atoms with E-state index in [1.807, 2.05) is 22.8 Å². The topological polar surface area (TPSA) is 43.6 Å². The Labute approximate surface area is 148 Å². The van der Waals surface area contributed by atoms with E-state index in [9.17, 15) is 4.79 Å². The summed E-state index contributed by atoms with van der Waals surface area (Å²) in [5, 5.41) is 0.585. The molecular weight excluding hydrogens is 344 g/mol. The molecule has 0 N–H and O–H groups in total. The molecule has 6 heteroatoms. The molecule has 0 aliphatic carbocycles. The van der Waals surface area contributed by atoms with Crippen LogP contribution in [0.5, 0.6) is 5.75 Å². The molecule has 0 atom stereocenters. The molecular formula is C18H15ClN2O2S. The summed E-state index contributed by atoms with van der Waals surface area (Å²) in [5.41, 5.74) is 1.49. The lowest BCUT2D eigenvalue weighted by Gasteiger charge is -2.02. The Kier molecular flexibility index (Phi) is 4.83. The standard InChI is InChI=1S/C18H15ClN2O2S/c1-3-10-21-15-9-8-14(23-2)11-16(15)24-18(21)20-17(22)12-4-6-13(19)7-5-12/h3-9,11H,1,10H2,2H3. The Bertz CT molecular complexity index is 971. The van der Waals surface area contributed by atoms with Crippen LogP contribution in [0.2, 0.25) is 5.02 Å². The van der Waals surface area contributed by atoms with Gasteiger partial charge < -0.3 is 9.30 Å². The maximum absolute atomic E-state index is 12.4. The fraction of sp³-hybridized carbons (Fsp3) is 0.111. The maximum atomic E-state index is 12.4. The molecule has 3 rings (SSSR count). The summed E-state index contributed by atoms with van der Waals surface area (Å²) >= 11 is 7.30. The van der Waals surface area contributed by atoms with Crippen LogP contribution in [0.15, 0.2) is 60.1 Å². The van der Waals surface area contributed by atoms with Crippen LogP contribution in [-0.4, -0.2) is 17.6 Å². The third-order valence-corrected chi connectivity index (χ3v) is 4.78. The zero-order chi connectivity index (χ0) is 17.1. The van der Waals surface area contributed by atoms with Gasteiger partial charge in [-0.3, -0.25) is 4.79 Å². The SMILES string of the molecule is C=CCn1c(=NC(=O)c2ccc(Cl)cc2)sc2cc(OC)ccc21. The largest absolute Gasteiger partial charge is 0.497 e. The van der Waals surface area contributed by atoms with Gasteiger partial charge in [-0.15, -0.1) is 6.58 Å². The van der Waals surface area contributed by atoms with E-state index in [4.69, 9.17) is 16.3 Å². The molecule has 4 nitrogen and oxygen atoms in total. The first kappa shape index (κ1) is 16.5. The van der Waals surface area contributed by atoms with Crippen LogP contribution in [0, 0.1) is 0 Å². The Morgan fingerprint density at radius 1 is 1.33 bits per heavy atom. The summed E-state index contributed by atoms with van der Waals surface area (Å²) in [6, 6.07) is 12.5. The number of ether oxygens (including phenoxy) is 1. The highest BCUT2D eigenvalue weighted by atomic mass is 35.5. The van der Waals surface area contributed by atoms with Crippen molar-refractivity contribution in [1.82, 2.24) is 4.57 Å². The molecule has 0 spiro atoms. The molecule has 0 saturated carbocycles. The quantitative estimate of drug-likeness (QED) is 0.653. The fourth-order valence-corrected chi connectivity index (χ4v) is 3.51. The summed E-state index contributed by atoms with van der Waals surface area (Å²) < 4.78 is 8.22. The average Bonchev–Trinajstić information content (AvgIpc) is 2.92. The number of hydrogen-bond acceptors (Lipinski definition) is 3. The first-order valence-corrected chi connectivity index (χ1v) is 8.44. The minimum absolute atomic E-state index is 0.303. The predicted molar refractivity (Wildman–Crippen MR) is 97.9 cm³/mol. The molecule has 0 aliphatic rings. The Morgan fingerprint density at radius 2 is 2.08 bits per heavy atom. The van der Waals surface area contributed by atoms with Gasteiger partial charge in [0.15, 0.2) is 4.80 Å². The summed E-state index contributed by atoms with van der Waals surface area (Å²) in [7, 11) is 1.63. The number of thiazole rings is 1. The fourth-order valence-electron chi connectivity index (χ4n) is 2.32. The van der Waals surface area contributed by atoms with Gasteiger partial charge in [-0.25, -0.2) is 0 Å². The zero-order valence-electron chi connectivity index (χ0n) is 13.0. The first-order valence-electron chi connectivity index (χ1n) is 7.25. The number of rotatable bonds is 4. The summed E-state index contributed by atoms with van der Waals surface area (Å²) in [4.78, 5) is 17.3. The van der Waals surface area contributed by atoms with Gasteiger partial charge in [0.05, 0.1) is 17.3 Å². The van der Waals surface area contributed by atoms with Crippen molar-refractivity contribution in [2.24, 2.45) is 4.99 Å². The second-order valence-electron chi connectivity index (χ2n) is 5.04. The van der Waals surface area contributed by atoms with E-state index in [1.54, 1.807) is 37.5 Å². The number of methoxy groups -OCH3 is 1. The van der Waals surface area contributed by atoms with Crippen LogP contribution in [0.1, 0.15) is 10.4 Å². The van der Waals surface area contributed by atoms with Gasteiger partial charge in [0, 0.05) is 17.1 Å². The monoisotopic (exact) mass is 358 g/mol. The molecule has 122 valence electrons. The van der Waals surface area contributed by atoms with E-state index in [0.717, 1.165) is 16.0 Å². The van der Waals surface area contributed by atoms with Gasteiger partial charge >= 0.3 is 0 Å². The lowest BCUT2D eigenvalue weighted by molar-refractivity contribution is 0.0998. The zero-order valence-corrected chi connectivity index (χ0v) is 14.6. The van der Waals surface area contributed by atoms with Crippen LogP contribution in [-0.2, 0) is 6.54 Å². The number of allylic oxidation sites excluding steroid dienone is 1. The number of carbonyl (C=O) groups is 1. The van der Waals surface area contributed by atoms with Crippen LogP contribution in [0.4, 0.5) is 0 Å². The molecule has 0 saturated heterocycles.